The molecule has 0 saturated carbocycles. The number of hydrogen-bond acceptors (Lipinski definition) is 5. The maximum Gasteiger partial charge on any atom is 0.267 e. The van der Waals surface area contributed by atoms with Crippen molar-refractivity contribution in [2.75, 3.05) is 5.32 Å². The SMILES string of the molecule is Cc1nnc(NC(=O)c2c(O)cc(C)n(C)c2=O)[nH]1. The first-order valence-corrected chi connectivity index (χ1v) is 5.50. The zero-order valence-electron chi connectivity index (χ0n) is 10.7. The van der Waals surface area contributed by atoms with Gasteiger partial charge in [0.15, 0.2) is 0 Å². The molecular formula is C11H13N5O3. The molecule has 2 aromatic rings. The molecule has 0 fully saturated rings. The number of nitrogens with zero attached hydrogens (tertiary/aromatic N) is 3. The second kappa shape index (κ2) is 4.56. The van der Waals surface area contributed by atoms with E-state index in [9.17, 15) is 14.7 Å². The minimum Gasteiger partial charge on any atom is -0.507 e. The Morgan fingerprint density at radius 3 is 2.68 bits per heavy atom. The highest BCUT2D eigenvalue weighted by Crippen LogP contribution is 2.15. The molecule has 1 amide bonds. The van der Waals surface area contributed by atoms with Crippen LogP contribution >= 0.6 is 0 Å². The number of hydrogen-bond donors (Lipinski definition) is 3. The second-order valence-corrected chi connectivity index (χ2v) is 4.12. The van der Waals surface area contributed by atoms with E-state index < -0.39 is 11.5 Å². The Morgan fingerprint density at radius 1 is 1.42 bits per heavy atom. The zero-order chi connectivity index (χ0) is 14.2. The van der Waals surface area contributed by atoms with Crippen LogP contribution < -0.4 is 10.9 Å². The van der Waals surface area contributed by atoms with Crippen LogP contribution in [-0.2, 0) is 7.05 Å². The lowest BCUT2D eigenvalue weighted by Gasteiger charge is -2.08. The van der Waals surface area contributed by atoms with Crippen molar-refractivity contribution < 1.29 is 9.90 Å². The molecule has 0 unspecified atom stereocenters. The van der Waals surface area contributed by atoms with E-state index in [0.717, 1.165) is 0 Å². The Balaban J connectivity index is 2.40. The molecule has 0 saturated heterocycles. The Labute approximate surface area is 108 Å². The third kappa shape index (κ3) is 2.32. The maximum atomic E-state index is 12.0. The van der Waals surface area contributed by atoms with Crippen molar-refractivity contribution in [3.05, 3.63) is 33.5 Å². The van der Waals surface area contributed by atoms with Gasteiger partial charge in [-0.05, 0) is 13.8 Å². The van der Waals surface area contributed by atoms with Crippen LogP contribution in [0.25, 0.3) is 0 Å². The van der Waals surface area contributed by atoms with Crippen molar-refractivity contribution in [3.63, 3.8) is 0 Å². The Bertz CT molecular complexity index is 701. The Morgan fingerprint density at radius 2 is 2.11 bits per heavy atom. The van der Waals surface area contributed by atoms with Crippen LogP contribution in [0.15, 0.2) is 10.9 Å². The smallest absolute Gasteiger partial charge is 0.267 e. The summed E-state index contributed by atoms with van der Waals surface area (Å²) in [6, 6.07) is 1.35. The maximum absolute atomic E-state index is 12.0. The number of carbonyl (C=O) groups is 1. The van der Waals surface area contributed by atoms with Gasteiger partial charge < -0.3 is 14.7 Å². The third-order valence-electron chi connectivity index (χ3n) is 2.71. The molecule has 19 heavy (non-hydrogen) atoms. The van der Waals surface area contributed by atoms with Gasteiger partial charge in [-0.25, -0.2) is 0 Å². The van der Waals surface area contributed by atoms with Gasteiger partial charge >= 0.3 is 0 Å². The standard InChI is InChI=1S/C11H13N5O3/c1-5-4-7(17)8(10(19)16(5)3)9(18)13-11-12-6(2)14-15-11/h4,17H,1-3H3,(H2,12,13,14,15,18). The lowest BCUT2D eigenvalue weighted by molar-refractivity contribution is 0.102. The number of pyridine rings is 1. The number of anilines is 1. The van der Waals surface area contributed by atoms with Gasteiger partial charge in [0, 0.05) is 18.8 Å². The zero-order valence-corrected chi connectivity index (χ0v) is 10.7. The fourth-order valence-corrected chi connectivity index (χ4v) is 1.59. The normalized spacial score (nSPS) is 10.5. The number of H-pyrrole nitrogens is 1. The van der Waals surface area contributed by atoms with E-state index in [2.05, 4.69) is 20.5 Å². The van der Waals surface area contributed by atoms with Crippen molar-refractivity contribution in [1.29, 1.82) is 0 Å². The number of rotatable bonds is 2. The first-order chi connectivity index (χ1) is 8.90. The lowest BCUT2D eigenvalue weighted by Crippen LogP contribution is -2.29. The van der Waals surface area contributed by atoms with Gasteiger partial charge in [0.05, 0.1) is 0 Å². The number of aromatic nitrogens is 4. The van der Waals surface area contributed by atoms with E-state index in [4.69, 9.17) is 0 Å². The highest BCUT2D eigenvalue weighted by molar-refractivity contribution is 6.04. The minimum atomic E-state index is -0.741. The quantitative estimate of drug-likeness (QED) is 0.710. The molecule has 0 aliphatic carbocycles. The summed E-state index contributed by atoms with van der Waals surface area (Å²) in [5, 5.41) is 19.4. The average Bonchev–Trinajstić information content (AvgIpc) is 2.72. The van der Waals surface area contributed by atoms with Gasteiger partial charge in [-0.1, -0.05) is 0 Å². The highest BCUT2D eigenvalue weighted by Gasteiger charge is 2.19. The van der Waals surface area contributed by atoms with Crippen LogP contribution in [0.3, 0.4) is 0 Å². The van der Waals surface area contributed by atoms with Gasteiger partial charge in [0.1, 0.15) is 17.1 Å². The van der Waals surface area contributed by atoms with E-state index in [1.54, 1.807) is 13.8 Å². The topological polar surface area (TPSA) is 113 Å². The average molecular weight is 263 g/mol. The molecule has 8 nitrogen and oxygen atoms in total. The highest BCUT2D eigenvalue weighted by atomic mass is 16.3. The summed E-state index contributed by atoms with van der Waals surface area (Å²) in [7, 11) is 1.52. The fourth-order valence-electron chi connectivity index (χ4n) is 1.59. The van der Waals surface area contributed by atoms with Crippen molar-refractivity contribution in [3.8, 4) is 5.75 Å². The van der Waals surface area contributed by atoms with Gasteiger partial charge in [0.2, 0.25) is 5.95 Å². The fraction of sp³-hybridized carbons (Fsp3) is 0.273. The number of aryl methyl sites for hydroxylation is 2. The van der Waals surface area contributed by atoms with Crippen LogP contribution in [-0.4, -0.2) is 30.8 Å². The van der Waals surface area contributed by atoms with Gasteiger partial charge in [-0.3, -0.25) is 14.9 Å². The molecule has 2 aromatic heterocycles. The number of aromatic amines is 1. The first kappa shape index (κ1) is 12.8. The molecule has 3 N–H and O–H groups in total. The molecule has 2 rings (SSSR count). The summed E-state index contributed by atoms with van der Waals surface area (Å²) >= 11 is 0. The third-order valence-corrected chi connectivity index (χ3v) is 2.71. The largest absolute Gasteiger partial charge is 0.507 e. The molecular weight excluding hydrogens is 250 g/mol. The van der Waals surface area contributed by atoms with Gasteiger partial charge in [-0.15, -0.1) is 10.2 Å². The summed E-state index contributed by atoms with van der Waals surface area (Å²) in [6.45, 7) is 3.33. The predicted octanol–water partition coefficient (Wildman–Crippen LogP) is 0.0781. The lowest BCUT2D eigenvalue weighted by atomic mass is 10.2. The molecule has 0 radical (unpaired) electrons. The predicted molar refractivity (Wildman–Crippen MR) is 67.2 cm³/mol. The van der Waals surface area contributed by atoms with Gasteiger partial charge in [0.25, 0.3) is 11.5 Å². The van der Waals surface area contributed by atoms with Crippen LogP contribution in [0.4, 0.5) is 5.95 Å². The van der Waals surface area contributed by atoms with E-state index in [1.165, 1.54) is 17.7 Å². The van der Waals surface area contributed by atoms with Crippen molar-refractivity contribution in [2.45, 2.75) is 13.8 Å². The molecule has 0 atom stereocenters. The summed E-state index contributed by atoms with van der Waals surface area (Å²) in [5.41, 5.74) is -0.358. The Kier molecular flexibility index (Phi) is 3.07. The minimum absolute atomic E-state index is 0.115. The number of carbonyl (C=O) groups excluding carboxylic acids is 1. The molecule has 2 heterocycles. The molecule has 100 valence electrons. The van der Waals surface area contributed by atoms with Crippen molar-refractivity contribution in [2.24, 2.45) is 7.05 Å². The molecule has 0 bridgehead atoms. The van der Waals surface area contributed by atoms with E-state index in [1.807, 2.05) is 0 Å². The monoisotopic (exact) mass is 263 g/mol. The Hall–Kier alpha value is -2.64. The van der Waals surface area contributed by atoms with Gasteiger partial charge in [-0.2, -0.15) is 0 Å². The summed E-state index contributed by atoms with van der Waals surface area (Å²) in [6.07, 6.45) is 0. The van der Waals surface area contributed by atoms with E-state index >= 15 is 0 Å². The van der Waals surface area contributed by atoms with Crippen LogP contribution in [0.1, 0.15) is 21.9 Å². The molecule has 8 heteroatoms. The number of nitrogens with one attached hydrogen (secondary N) is 2. The number of amides is 1. The summed E-state index contributed by atoms with van der Waals surface area (Å²) in [4.78, 5) is 26.6. The van der Waals surface area contributed by atoms with Crippen molar-refractivity contribution in [1.82, 2.24) is 19.7 Å². The van der Waals surface area contributed by atoms with E-state index in [0.29, 0.717) is 11.5 Å². The molecule has 0 aromatic carbocycles. The molecule has 0 spiro atoms. The van der Waals surface area contributed by atoms with Crippen LogP contribution in [0.5, 0.6) is 5.75 Å². The molecule has 0 aliphatic rings. The number of aromatic hydroxyl groups is 1. The summed E-state index contributed by atoms with van der Waals surface area (Å²) < 4.78 is 1.28. The van der Waals surface area contributed by atoms with Crippen LogP contribution in [0, 0.1) is 13.8 Å². The summed E-state index contributed by atoms with van der Waals surface area (Å²) in [5.74, 6) is -0.468. The van der Waals surface area contributed by atoms with Crippen LogP contribution in [0.2, 0.25) is 0 Å². The second-order valence-electron chi connectivity index (χ2n) is 4.12. The molecule has 0 aliphatic heterocycles. The first-order valence-electron chi connectivity index (χ1n) is 5.50. The van der Waals surface area contributed by atoms with Crippen molar-refractivity contribution >= 4 is 11.9 Å². The van der Waals surface area contributed by atoms with E-state index in [-0.39, 0.29) is 17.3 Å².